The Kier molecular flexibility index (Phi) is 8.11. The van der Waals surface area contributed by atoms with Crippen LogP contribution in [0.1, 0.15) is 18.4 Å². The molecule has 8 nitrogen and oxygen atoms in total. The van der Waals surface area contributed by atoms with Crippen molar-refractivity contribution >= 4 is 15.9 Å². The molecule has 2 N–H and O–H groups in total. The normalized spacial score (nSPS) is 16.3. The first kappa shape index (κ1) is 24.0. The van der Waals surface area contributed by atoms with Gasteiger partial charge in [0, 0.05) is 12.1 Å². The molecule has 1 fully saturated rings. The predicted molar refractivity (Wildman–Crippen MR) is 122 cm³/mol. The number of likely N-dealkylation sites (tertiary alicyclic amines) is 1. The second-order valence-corrected chi connectivity index (χ2v) is 9.68. The number of carbonyl (C=O) groups excluding carboxylic acids is 1. The fourth-order valence-electron chi connectivity index (χ4n) is 3.73. The van der Waals surface area contributed by atoms with Crippen LogP contribution in [0.3, 0.4) is 0 Å². The number of piperidine rings is 1. The van der Waals surface area contributed by atoms with E-state index in [4.69, 9.17) is 9.47 Å². The van der Waals surface area contributed by atoms with Crippen molar-refractivity contribution in [2.45, 2.75) is 36.2 Å². The minimum Gasteiger partial charge on any atom is -0.493 e. The Morgan fingerprint density at radius 3 is 2.34 bits per heavy atom. The van der Waals surface area contributed by atoms with E-state index >= 15 is 0 Å². The van der Waals surface area contributed by atoms with E-state index < -0.39 is 16.1 Å². The summed E-state index contributed by atoms with van der Waals surface area (Å²) in [5.41, 5.74) is 0.867. The summed E-state index contributed by atoms with van der Waals surface area (Å²) in [6, 6.07) is 12.8. The van der Waals surface area contributed by atoms with Gasteiger partial charge in [-0.2, -0.15) is 4.72 Å². The van der Waals surface area contributed by atoms with Gasteiger partial charge in [0.1, 0.15) is 6.04 Å². The SMILES string of the molecule is COc1ccc(S(=O)(=O)N[C@@H](Cc2ccccc2)C(=O)NC2CCN(C)CC2)cc1OC. The molecule has 0 aromatic heterocycles. The minimum atomic E-state index is -3.99. The van der Waals surface area contributed by atoms with Crippen LogP contribution < -0.4 is 19.5 Å². The van der Waals surface area contributed by atoms with Crippen molar-refractivity contribution in [3.63, 3.8) is 0 Å². The molecule has 32 heavy (non-hydrogen) atoms. The molecule has 0 spiro atoms. The van der Waals surface area contributed by atoms with Crippen LogP contribution in [0.25, 0.3) is 0 Å². The molecule has 3 rings (SSSR count). The first-order valence-electron chi connectivity index (χ1n) is 10.6. The van der Waals surface area contributed by atoms with Crippen molar-refractivity contribution in [1.29, 1.82) is 0 Å². The second kappa shape index (κ2) is 10.8. The van der Waals surface area contributed by atoms with Crippen molar-refractivity contribution in [2.24, 2.45) is 0 Å². The van der Waals surface area contributed by atoms with E-state index in [1.165, 1.54) is 32.4 Å². The molecule has 174 valence electrons. The number of ether oxygens (including phenoxy) is 2. The summed E-state index contributed by atoms with van der Waals surface area (Å²) in [5, 5.41) is 3.04. The second-order valence-electron chi connectivity index (χ2n) is 7.97. The lowest BCUT2D eigenvalue weighted by Crippen LogP contribution is -2.52. The largest absolute Gasteiger partial charge is 0.493 e. The highest BCUT2D eigenvalue weighted by Crippen LogP contribution is 2.29. The Bertz CT molecular complexity index is 1010. The lowest BCUT2D eigenvalue weighted by Gasteiger charge is -2.30. The molecule has 0 saturated carbocycles. The summed E-state index contributed by atoms with van der Waals surface area (Å²) in [5.74, 6) is 0.394. The zero-order valence-corrected chi connectivity index (χ0v) is 19.5. The molecule has 1 saturated heterocycles. The van der Waals surface area contributed by atoms with E-state index in [-0.39, 0.29) is 23.3 Å². The Labute approximate surface area is 190 Å². The summed E-state index contributed by atoms with van der Waals surface area (Å²) in [4.78, 5) is 15.3. The van der Waals surface area contributed by atoms with Gasteiger partial charge >= 0.3 is 0 Å². The average Bonchev–Trinajstić information content (AvgIpc) is 2.80. The Hall–Kier alpha value is -2.62. The van der Waals surface area contributed by atoms with E-state index in [0.29, 0.717) is 11.5 Å². The van der Waals surface area contributed by atoms with Crippen molar-refractivity contribution in [1.82, 2.24) is 14.9 Å². The number of benzene rings is 2. The van der Waals surface area contributed by atoms with Crippen molar-refractivity contribution in [3.05, 3.63) is 54.1 Å². The molecule has 1 heterocycles. The maximum absolute atomic E-state index is 13.1. The zero-order chi connectivity index (χ0) is 23.1. The molecular formula is C23H31N3O5S. The number of methoxy groups -OCH3 is 2. The Balaban J connectivity index is 1.81. The van der Waals surface area contributed by atoms with E-state index in [1.54, 1.807) is 0 Å². The predicted octanol–water partition coefficient (Wildman–Crippen LogP) is 1.80. The molecule has 9 heteroatoms. The Morgan fingerprint density at radius 2 is 1.72 bits per heavy atom. The third kappa shape index (κ3) is 6.21. The Morgan fingerprint density at radius 1 is 1.06 bits per heavy atom. The van der Waals surface area contributed by atoms with Gasteiger partial charge in [0.2, 0.25) is 15.9 Å². The summed E-state index contributed by atoms with van der Waals surface area (Å²) >= 11 is 0. The van der Waals surface area contributed by atoms with Gasteiger partial charge in [-0.1, -0.05) is 30.3 Å². The van der Waals surface area contributed by atoms with Gasteiger partial charge in [-0.05, 0) is 57.1 Å². The third-order valence-electron chi connectivity index (χ3n) is 5.63. The topological polar surface area (TPSA) is 97.0 Å². The van der Waals surface area contributed by atoms with Crippen LogP contribution in [-0.4, -0.2) is 65.7 Å². The van der Waals surface area contributed by atoms with Crippen LogP contribution in [0.4, 0.5) is 0 Å². The average molecular weight is 462 g/mol. The van der Waals surface area contributed by atoms with Gasteiger partial charge in [-0.15, -0.1) is 0 Å². The minimum absolute atomic E-state index is 0.000280. The van der Waals surface area contributed by atoms with E-state index in [9.17, 15) is 13.2 Å². The van der Waals surface area contributed by atoms with Crippen LogP contribution in [0.5, 0.6) is 11.5 Å². The van der Waals surface area contributed by atoms with E-state index in [1.807, 2.05) is 37.4 Å². The molecule has 2 aromatic carbocycles. The highest BCUT2D eigenvalue weighted by molar-refractivity contribution is 7.89. The van der Waals surface area contributed by atoms with Crippen molar-refractivity contribution in [3.8, 4) is 11.5 Å². The molecule has 1 aliphatic rings. The van der Waals surface area contributed by atoms with Crippen LogP contribution in [-0.2, 0) is 21.2 Å². The standard InChI is InChI=1S/C23H31N3O5S/c1-26-13-11-18(12-14-26)24-23(27)20(15-17-7-5-4-6-8-17)25-32(28,29)19-9-10-21(30-2)22(16-19)31-3/h4-10,16,18,20,25H,11-15H2,1-3H3,(H,24,27)/t20-/m0/s1. The number of hydrogen-bond acceptors (Lipinski definition) is 6. The summed E-state index contributed by atoms with van der Waals surface area (Å²) in [7, 11) is 0.982. The maximum atomic E-state index is 13.1. The first-order chi connectivity index (χ1) is 15.3. The van der Waals surface area contributed by atoms with Gasteiger partial charge in [-0.25, -0.2) is 8.42 Å². The number of amides is 1. The number of nitrogens with one attached hydrogen (secondary N) is 2. The van der Waals surface area contributed by atoms with Crippen LogP contribution in [0.15, 0.2) is 53.4 Å². The maximum Gasteiger partial charge on any atom is 0.241 e. The summed E-state index contributed by atoms with van der Waals surface area (Å²) < 4.78 is 39.3. The lowest BCUT2D eigenvalue weighted by atomic mass is 10.0. The first-order valence-corrected chi connectivity index (χ1v) is 12.1. The summed E-state index contributed by atoms with van der Waals surface area (Å²) in [6.45, 7) is 1.79. The van der Waals surface area contributed by atoms with Crippen molar-refractivity contribution in [2.75, 3.05) is 34.4 Å². The fourth-order valence-corrected chi connectivity index (χ4v) is 4.94. The highest BCUT2D eigenvalue weighted by atomic mass is 32.2. The fraction of sp³-hybridized carbons (Fsp3) is 0.435. The smallest absolute Gasteiger partial charge is 0.241 e. The van der Waals surface area contributed by atoms with Crippen LogP contribution in [0, 0.1) is 0 Å². The van der Waals surface area contributed by atoms with E-state index in [2.05, 4.69) is 14.9 Å². The van der Waals surface area contributed by atoms with Crippen LogP contribution in [0.2, 0.25) is 0 Å². The van der Waals surface area contributed by atoms with Gasteiger partial charge in [0.25, 0.3) is 0 Å². The number of hydrogen-bond donors (Lipinski definition) is 2. The number of sulfonamides is 1. The molecule has 1 atom stereocenters. The molecule has 0 aliphatic carbocycles. The van der Waals surface area contributed by atoms with E-state index in [0.717, 1.165) is 31.5 Å². The lowest BCUT2D eigenvalue weighted by molar-refractivity contribution is -0.123. The molecule has 0 bridgehead atoms. The quantitative estimate of drug-likeness (QED) is 0.591. The molecular weight excluding hydrogens is 430 g/mol. The van der Waals surface area contributed by atoms with Gasteiger partial charge in [-0.3, -0.25) is 4.79 Å². The molecule has 1 aliphatic heterocycles. The van der Waals surface area contributed by atoms with Gasteiger partial charge < -0.3 is 19.7 Å². The van der Waals surface area contributed by atoms with Gasteiger partial charge in [0.05, 0.1) is 19.1 Å². The highest BCUT2D eigenvalue weighted by Gasteiger charge is 2.29. The number of carbonyl (C=O) groups is 1. The zero-order valence-electron chi connectivity index (χ0n) is 18.7. The third-order valence-corrected chi connectivity index (χ3v) is 7.10. The number of rotatable bonds is 9. The molecule has 0 unspecified atom stereocenters. The van der Waals surface area contributed by atoms with Gasteiger partial charge in [0.15, 0.2) is 11.5 Å². The molecule has 0 radical (unpaired) electrons. The summed E-state index contributed by atoms with van der Waals surface area (Å²) in [6.07, 6.45) is 1.91. The number of nitrogens with zero attached hydrogens (tertiary/aromatic N) is 1. The molecule has 2 aromatic rings. The molecule has 1 amide bonds. The van der Waals surface area contributed by atoms with Crippen LogP contribution >= 0.6 is 0 Å². The van der Waals surface area contributed by atoms with Crippen molar-refractivity contribution < 1.29 is 22.7 Å². The monoisotopic (exact) mass is 461 g/mol.